The Bertz CT molecular complexity index is 3410. The Labute approximate surface area is 435 Å². The van der Waals surface area contributed by atoms with Crippen LogP contribution >= 0.6 is 0 Å². The largest absolute Gasteiger partial charge is 0.513 e. The number of para-hydroxylation sites is 2. The Hall–Kier alpha value is -6.24. The first kappa shape index (κ1) is 49.7. The maximum absolute atomic E-state index is 6.75. The van der Waals surface area contributed by atoms with Crippen molar-refractivity contribution in [3.05, 3.63) is 186 Å². The van der Waals surface area contributed by atoms with E-state index in [-0.39, 0.29) is 31.9 Å². The van der Waals surface area contributed by atoms with Gasteiger partial charge in [0.05, 0.1) is 30.2 Å². The number of furan rings is 1. The Kier molecular flexibility index (Phi) is 14.9. The quantitative estimate of drug-likeness (QED) is 0.101. The molecule has 4 heterocycles. The van der Waals surface area contributed by atoms with Gasteiger partial charge in [0.1, 0.15) is 5.58 Å². The van der Waals surface area contributed by atoms with Crippen molar-refractivity contribution in [3.8, 4) is 50.6 Å². The molecule has 0 saturated heterocycles. The first-order valence-electron chi connectivity index (χ1n) is 25.4. The maximum atomic E-state index is 6.75. The fourth-order valence-corrected chi connectivity index (χ4v) is 12.3. The van der Waals surface area contributed by atoms with Crippen LogP contribution in [0.1, 0.15) is 93.9 Å². The van der Waals surface area contributed by atoms with Gasteiger partial charge in [-0.15, -0.1) is 47.5 Å². The molecule has 1 aliphatic carbocycles. The van der Waals surface area contributed by atoms with E-state index in [4.69, 9.17) is 19.4 Å². The smallest absolute Gasteiger partial charge is 0.120 e. The summed E-state index contributed by atoms with van der Waals surface area (Å²) in [5.74, 6) is 2.21. The number of fused-ring (bicyclic) bond motifs is 4. The fourth-order valence-electron chi connectivity index (χ4n) is 10.7. The van der Waals surface area contributed by atoms with E-state index >= 15 is 0 Å². The van der Waals surface area contributed by atoms with Crippen LogP contribution in [0.5, 0.6) is 0 Å². The van der Waals surface area contributed by atoms with E-state index in [1.54, 1.807) is 16.9 Å². The third-order valence-electron chi connectivity index (χ3n) is 14.2. The Morgan fingerprint density at radius 2 is 1.32 bits per heavy atom. The molecule has 6 aromatic carbocycles. The van der Waals surface area contributed by atoms with Gasteiger partial charge in [-0.2, -0.15) is 0 Å². The van der Waals surface area contributed by atoms with Crippen LogP contribution in [0.3, 0.4) is 0 Å². The summed E-state index contributed by atoms with van der Waals surface area (Å²) >= 11 is 0. The van der Waals surface area contributed by atoms with E-state index in [1.165, 1.54) is 66.5 Å². The monoisotopic (exact) mass is 1130 g/mol. The zero-order valence-corrected chi connectivity index (χ0v) is 45.8. The van der Waals surface area contributed by atoms with Crippen molar-refractivity contribution in [1.82, 2.24) is 19.5 Å². The third-order valence-corrected chi connectivity index (χ3v) is 16.3. The first-order chi connectivity index (χ1) is 33.9. The van der Waals surface area contributed by atoms with Crippen LogP contribution in [-0.2, 0) is 26.5 Å². The minimum atomic E-state index is -1.36. The summed E-state index contributed by atoms with van der Waals surface area (Å²) in [6, 6.07) is 55.9. The molecule has 11 rings (SSSR count). The molecule has 4 aromatic heterocycles. The summed E-state index contributed by atoms with van der Waals surface area (Å²) in [5, 5.41) is 2.57. The summed E-state index contributed by atoms with van der Waals surface area (Å²) < 4.78 is 9.10. The van der Waals surface area contributed by atoms with Gasteiger partial charge in [0.25, 0.3) is 0 Å². The second-order valence-corrected chi connectivity index (χ2v) is 26.0. The van der Waals surface area contributed by atoms with Crippen molar-refractivity contribution in [2.45, 2.75) is 105 Å². The summed E-state index contributed by atoms with van der Waals surface area (Å²) in [6.07, 6.45) is 12.2. The number of rotatable bonds is 10. The molecule has 0 aliphatic heterocycles. The molecular weight excluding hydrogens is 1060 g/mol. The SMILES string of the molecule is C[Si](C)(C)c1cnc(-c2[c-]cccc2)cc1CC1CCCCC1.Cc1cc(-c2ccccc2)cc2oc3c(-c4nc5ccccc5n4-c4c(C(C)C)cc(-c5ccccc5)cc4C(C)C)[c-]cnc3c12.[Ir]. The number of imidazole rings is 1. The van der Waals surface area contributed by atoms with Crippen molar-refractivity contribution < 1.29 is 24.5 Å². The van der Waals surface area contributed by atoms with Crippen LogP contribution in [0.2, 0.25) is 19.6 Å². The van der Waals surface area contributed by atoms with Gasteiger partial charge in [0, 0.05) is 43.2 Å². The van der Waals surface area contributed by atoms with Crippen LogP contribution in [0.15, 0.2) is 156 Å². The van der Waals surface area contributed by atoms with Crippen molar-refractivity contribution in [2.24, 2.45) is 5.92 Å². The average molecular weight is 1130 g/mol. The molecule has 0 atom stereocenters. The van der Waals surface area contributed by atoms with Gasteiger partial charge in [-0.3, -0.25) is 9.97 Å². The minimum absolute atomic E-state index is 0. The normalized spacial score (nSPS) is 13.2. The molecule has 1 saturated carbocycles. The fraction of sp³-hybridized carbons (Fsp3) is 0.266. The van der Waals surface area contributed by atoms with Gasteiger partial charge in [0.15, 0.2) is 0 Å². The summed E-state index contributed by atoms with van der Waals surface area (Å²) in [4.78, 5) is 14.9. The van der Waals surface area contributed by atoms with E-state index in [1.807, 2.05) is 18.2 Å². The van der Waals surface area contributed by atoms with Crippen LogP contribution in [0.25, 0.3) is 83.7 Å². The predicted octanol–water partition coefficient (Wildman–Crippen LogP) is 16.9. The zero-order valence-electron chi connectivity index (χ0n) is 42.4. The molecule has 0 unspecified atom stereocenters. The average Bonchev–Trinajstić information content (AvgIpc) is 3.96. The number of pyridine rings is 2. The van der Waals surface area contributed by atoms with Crippen LogP contribution in [0.4, 0.5) is 0 Å². The Morgan fingerprint density at radius 1 is 0.690 bits per heavy atom. The molecule has 7 heteroatoms. The molecule has 0 spiro atoms. The van der Waals surface area contributed by atoms with Crippen molar-refractivity contribution >= 4 is 46.4 Å². The van der Waals surface area contributed by atoms with Crippen molar-refractivity contribution in [2.75, 3.05) is 0 Å². The number of benzene rings is 6. The molecule has 1 fully saturated rings. The third kappa shape index (κ3) is 10.3. The van der Waals surface area contributed by atoms with Crippen LogP contribution in [0, 0.1) is 25.0 Å². The zero-order chi connectivity index (χ0) is 48.5. The predicted molar refractivity (Wildman–Crippen MR) is 296 cm³/mol. The van der Waals surface area contributed by atoms with E-state index in [2.05, 4.69) is 198 Å². The molecule has 0 N–H and O–H groups in total. The van der Waals surface area contributed by atoms with E-state index in [0.29, 0.717) is 5.58 Å². The van der Waals surface area contributed by atoms with Gasteiger partial charge in [-0.1, -0.05) is 170 Å². The van der Waals surface area contributed by atoms with Crippen LogP contribution in [-0.4, -0.2) is 27.6 Å². The van der Waals surface area contributed by atoms with E-state index in [9.17, 15) is 0 Å². The molecule has 1 radical (unpaired) electrons. The van der Waals surface area contributed by atoms with E-state index < -0.39 is 8.07 Å². The van der Waals surface area contributed by atoms with E-state index in [0.717, 1.165) is 72.8 Å². The van der Waals surface area contributed by atoms with Gasteiger partial charge in [-0.25, -0.2) is 0 Å². The topological polar surface area (TPSA) is 56.7 Å². The second-order valence-electron chi connectivity index (χ2n) is 21.0. The summed E-state index contributed by atoms with van der Waals surface area (Å²) in [7, 11) is -1.36. The van der Waals surface area contributed by atoms with Gasteiger partial charge >= 0.3 is 0 Å². The minimum Gasteiger partial charge on any atom is -0.513 e. The molecule has 71 heavy (non-hydrogen) atoms. The number of hydrogen-bond acceptors (Lipinski definition) is 4. The molecule has 10 aromatic rings. The second kappa shape index (κ2) is 21.2. The maximum Gasteiger partial charge on any atom is 0.120 e. The number of aromatic nitrogens is 4. The standard InChI is InChI=1S/C43H36N3O.C21H28NSi.Ir/c1-26(2)34-23-32(30-16-10-7-11-17-30)24-35(27(3)4)41(34)46-37-19-13-12-18-36(37)45-43(46)33-20-21-44-40-39-28(5)22-31(25-38(39)47-42(33)40)29-14-8-6-9-15-29;1-23(2,3)21-16-22-20(18-12-8-5-9-13-18)15-19(21)14-17-10-6-4-7-11-17;/h6-19,21-27H,1-5H3;5,8-9,12,15-17H,4,6-7,10-11,14H2,1-3H3;/q2*-1;. The number of aryl methyl sites for hydroxylation is 1. The molecule has 0 amide bonds. The molecule has 0 bridgehead atoms. The van der Waals surface area contributed by atoms with Gasteiger partial charge < -0.3 is 14.0 Å². The number of hydrogen-bond donors (Lipinski definition) is 0. The van der Waals surface area contributed by atoms with Gasteiger partial charge in [0.2, 0.25) is 0 Å². The van der Waals surface area contributed by atoms with Crippen LogP contribution < -0.4 is 5.19 Å². The Morgan fingerprint density at radius 3 is 1.96 bits per heavy atom. The van der Waals surface area contributed by atoms with Gasteiger partial charge in [-0.05, 0) is 117 Å². The van der Waals surface area contributed by atoms with Crippen molar-refractivity contribution in [3.63, 3.8) is 0 Å². The Balaban J connectivity index is 0.000000219. The molecule has 361 valence electrons. The molecule has 5 nitrogen and oxygen atoms in total. The first-order valence-corrected chi connectivity index (χ1v) is 28.9. The molecular formula is C64H64IrN4OSi-2. The molecule has 1 aliphatic rings. The number of nitrogens with zero attached hydrogens (tertiary/aromatic N) is 4. The summed E-state index contributed by atoms with van der Waals surface area (Å²) in [6.45, 7) is 18.5. The summed E-state index contributed by atoms with van der Waals surface area (Å²) in [5.41, 5.74) is 18.4. The van der Waals surface area contributed by atoms with Crippen molar-refractivity contribution in [1.29, 1.82) is 0 Å².